The monoisotopic (exact) mass is 315 g/mol. The van der Waals surface area contributed by atoms with Gasteiger partial charge in [-0.15, -0.1) is 0 Å². The second-order valence-corrected chi connectivity index (χ2v) is 5.67. The van der Waals surface area contributed by atoms with Crippen LogP contribution in [0.2, 0.25) is 0 Å². The van der Waals surface area contributed by atoms with Crippen LogP contribution in [0, 0.1) is 19.7 Å². The van der Waals surface area contributed by atoms with E-state index in [1.807, 2.05) is 32.0 Å². The van der Waals surface area contributed by atoms with E-state index in [-0.39, 0.29) is 11.7 Å². The van der Waals surface area contributed by atoms with Gasteiger partial charge in [0.25, 0.3) is 5.91 Å². The van der Waals surface area contributed by atoms with E-state index in [4.69, 9.17) is 4.74 Å². The molecule has 0 saturated heterocycles. The Kier molecular flexibility index (Phi) is 5.74. The summed E-state index contributed by atoms with van der Waals surface area (Å²) in [5.41, 5.74) is 3.30. The second kappa shape index (κ2) is 7.77. The zero-order valence-electron chi connectivity index (χ0n) is 13.7. The van der Waals surface area contributed by atoms with E-state index in [1.54, 1.807) is 19.1 Å². The molecule has 2 aromatic carbocycles. The number of rotatable bonds is 6. The lowest BCUT2D eigenvalue weighted by Crippen LogP contribution is -2.37. The van der Waals surface area contributed by atoms with Crippen molar-refractivity contribution in [3.05, 3.63) is 65.0 Å². The highest BCUT2D eigenvalue weighted by molar-refractivity contribution is 5.80. The van der Waals surface area contributed by atoms with Crippen LogP contribution in [-0.2, 0) is 11.2 Å². The highest BCUT2D eigenvalue weighted by Gasteiger charge is 2.14. The minimum absolute atomic E-state index is 0.162. The van der Waals surface area contributed by atoms with E-state index in [0.29, 0.717) is 18.7 Å². The summed E-state index contributed by atoms with van der Waals surface area (Å²) in [6, 6.07) is 12.0. The Bertz CT molecular complexity index is 668. The molecule has 0 aromatic heterocycles. The molecule has 2 rings (SSSR count). The van der Waals surface area contributed by atoms with E-state index in [9.17, 15) is 9.18 Å². The summed E-state index contributed by atoms with van der Waals surface area (Å²) in [6.07, 6.45) is 0.0906. The van der Waals surface area contributed by atoms with Gasteiger partial charge in [-0.05, 0) is 68.1 Å². The van der Waals surface area contributed by atoms with Gasteiger partial charge < -0.3 is 10.1 Å². The largest absolute Gasteiger partial charge is 0.481 e. The van der Waals surface area contributed by atoms with Crippen LogP contribution in [-0.4, -0.2) is 18.6 Å². The maximum atomic E-state index is 12.8. The van der Waals surface area contributed by atoms with Gasteiger partial charge >= 0.3 is 0 Å². The molecule has 122 valence electrons. The fourth-order valence-electron chi connectivity index (χ4n) is 2.17. The highest BCUT2D eigenvalue weighted by atomic mass is 19.1. The Morgan fingerprint density at radius 1 is 1.13 bits per heavy atom. The van der Waals surface area contributed by atoms with E-state index >= 15 is 0 Å². The number of carbonyl (C=O) groups excluding carboxylic acids is 1. The molecule has 23 heavy (non-hydrogen) atoms. The van der Waals surface area contributed by atoms with Crippen molar-refractivity contribution in [3.8, 4) is 5.75 Å². The Balaban J connectivity index is 1.80. The first-order chi connectivity index (χ1) is 11.0. The molecular formula is C19H22FNO2. The first-order valence-corrected chi connectivity index (χ1v) is 7.72. The Morgan fingerprint density at radius 2 is 1.83 bits per heavy atom. The summed E-state index contributed by atoms with van der Waals surface area (Å²) in [5.74, 6) is 0.271. The van der Waals surface area contributed by atoms with Crippen LogP contribution in [0.3, 0.4) is 0 Å². The third-order valence-corrected chi connectivity index (χ3v) is 3.79. The van der Waals surface area contributed by atoms with Gasteiger partial charge in [-0.25, -0.2) is 4.39 Å². The molecule has 0 spiro atoms. The maximum Gasteiger partial charge on any atom is 0.260 e. The molecular weight excluding hydrogens is 293 g/mol. The Hall–Kier alpha value is -2.36. The molecule has 0 bridgehead atoms. The van der Waals surface area contributed by atoms with Crippen molar-refractivity contribution in [1.29, 1.82) is 0 Å². The number of carbonyl (C=O) groups is 1. The third kappa shape index (κ3) is 5.09. The second-order valence-electron chi connectivity index (χ2n) is 5.67. The van der Waals surface area contributed by atoms with Gasteiger partial charge in [-0.1, -0.05) is 18.2 Å². The van der Waals surface area contributed by atoms with Crippen molar-refractivity contribution in [2.75, 3.05) is 6.54 Å². The molecule has 0 radical (unpaired) electrons. The Morgan fingerprint density at radius 3 is 2.48 bits per heavy atom. The van der Waals surface area contributed by atoms with Crippen molar-refractivity contribution in [3.63, 3.8) is 0 Å². The topological polar surface area (TPSA) is 38.3 Å². The number of nitrogens with one attached hydrogen (secondary N) is 1. The summed E-state index contributed by atoms with van der Waals surface area (Å²) in [6.45, 7) is 6.26. The number of halogens is 1. The first-order valence-electron chi connectivity index (χ1n) is 7.72. The van der Waals surface area contributed by atoms with E-state index < -0.39 is 6.10 Å². The minimum atomic E-state index is -0.565. The fraction of sp³-hybridized carbons (Fsp3) is 0.316. The van der Waals surface area contributed by atoms with Gasteiger partial charge in [-0.3, -0.25) is 4.79 Å². The molecule has 1 amide bonds. The summed E-state index contributed by atoms with van der Waals surface area (Å²) in [7, 11) is 0. The normalized spacial score (nSPS) is 11.8. The molecule has 2 aromatic rings. The molecule has 1 atom stereocenters. The number of hydrogen-bond acceptors (Lipinski definition) is 2. The van der Waals surface area contributed by atoms with Crippen molar-refractivity contribution >= 4 is 5.91 Å². The van der Waals surface area contributed by atoms with E-state index in [1.165, 1.54) is 17.7 Å². The number of benzene rings is 2. The molecule has 0 aliphatic rings. The van der Waals surface area contributed by atoms with Crippen LogP contribution in [0.1, 0.15) is 23.6 Å². The van der Waals surface area contributed by atoms with Crippen LogP contribution >= 0.6 is 0 Å². The van der Waals surface area contributed by atoms with Crippen molar-refractivity contribution in [1.82, 2.24) is 5.32 Å². The fourth-order valence-corrected chi connectivity index (χ4v) is 2.17. The first kappa shape index (κ1) is 17.0. The van der Waals surface area contributed by atoms with Crippen LogP contribution in [0.4, 0.5) is 4.39 Å². The molecule has 3 nitrogen and oxygen atoms in total. The molecule has 0 aliphatic heterocycles. The smallest absolute Gasteiger partial charge is 0.260 e. The maximum absolute atomic E-state index is 12.8. The van der Waals surface area contributed by atoms with Gasteiger partial charge in [0.1, 0.15) is 11.6 Å². The molecule has 0 aliphatic carbocycles. The zero-order valence-corrected chi connectivity index (χ0v) is 13.7. The molecule has 0 unspecified atom stereocenters. The summed E-state index contributed by atoms with van der Waals surface area (Å²) < 4.78 is 18.5. The number of amides is 1. The van der Waals surface area contributed by atoms with Crippen LogP contribution in [0.15, 0.2) is 42.5 Å². The molecule has 0 heterocycles. The molecule has 1 N–H and O–H groups in total. The molecule has 0 fully saturated rings. The van der Waals surface area contributed by atoms with Gasteiger partial charge in [0.05, 0.1) is 0 Å². The third-order valence-electron chi connectivity index (χ3n) is 3.79. The lowest BCUT2D eigenvalue weighted by Gasteiger charge is -2.15. The minimum Gasteiger partial charge on any atom is -0.481 e. The van der Waals surface area contributed by atoms with Crippen LogP contribution in [0.5, 0.6) is 5.75 Å². The lowest BCUT2D eigenvalue weighted by atomic mass is 10.1. The van der Waals surface area contributed by atoms with Gasteiger partial charge in [0.2, 0.25) is 0 Å². The number of hydrogen-bond donors (Lipinski definition) is 1. The lowest BCUT2D eigenvalue weighted by molar-refractivity contribution is -0.127. The number of aryl methyl sites for hydroxylation is 2. The van der Waals surface area contributed by atoms with E-state index in [0.717, 1.165) is 11.1 Å². The van der Waals surface area contributed by atoms with E-state index in [2.05, 4.69) is 5.32 Å². The van der Waals surface area contributed by atoms with Crippen molar-refractivity contribution < 1.29 is 13.9 Å². The summed E-state index contributed by atoms with van der Waals surface area (Å²) >= 11 is 0. The molecule has 4 heteroatoms. The quantitative estimate of drug-likeness (QED) is 0.885. The average molecular weight is 315 g/mol. The van der Waals surface area contributed by atoms with Gasteiger partial charge in [-0.2, -0.15) is 0 Å². The predicted molar refractivity (Wildman–Crippen MR) is 89.1 cm³/mol. The summed E-state index contributed by atoms with van der Waals surface area (Å²) in [4.78, 5) is 12.0. The molecule has 0 saturated carbocycles. The SMILES string of the molecule is Cc1ccc(O[C@H](C)C(=O)NCCc2ccc(F)cc2)cc1C. The summed E-state index contributed by atoms with van der Waals surface area (Å²) in [5, 5.41) is 2.83. The Labute approximate surface area is 136 Å². The standard InChI is InChI=1S/C19H22FNO2/c1-13-4-9-18(12-14(13)2)23-15(3)19(22)21-11-10-16-5-7-17(20)8-6-16/h4-9,12,15H,10-11H2,1-3H3,(H,21,22)/t15-/m1/s1. The predicted octanol–water partition coefficient (Wildman–Crippen LogP) is 3.57. The van der Waals surface area contributed by atoms with Crippen molar-refractivity contribution in [2.45, 2.75) is 33.3 Å². The highest BCUT2D eigenvalue weighted by Crippen LogP contribution is 2.17. The van der Waals surface area contributed by atoms with Crippen LogP contribution < -0.4 is 10.1 Å². The average Bonchev–Trinajstić information content (AvgIpc) is 2.52. The van der Waals surface area contributed by atoms with Gasteiger partial charge in [0, 0.05) is 6.54 Å². The zero-order chi connectivity index (χ0) is 16.8. The number of ether oxygens (including phenoxy) is 1. The van der Waals surface area contributed by atoms with Crippen LogP contribution in [0.25, 0.3) is 0 Å². The van der Waals surface area contributed by atoms with Gasteiger partial charge in [0.15, 0.2) is 6.10 Å². The van der Waals surface area contributed by atoms with Crippen molar-refractivity contribution in [2.24, 2.45) is 0 Å².